The summed E-state index contributed by atoms with van der Waals surface area (Å²) >= 11 is 0. The molecule has 0 bridgehead atoms. The summed E-state index contributed by atoms with van der Waals surface area (Å²) in [7, 11) is -2.19. The van der Waals surface area contributed by atoms with Crippen molar-refractivity contribution in [1.29, 1.82) is 0 Å². The smallest absolute Gasteiger partial charge is 0.244 e. The molecule has 0 amide bonds. The van der Waals surface area contributed by atoms with E-state index in [0.29, 0.717) is 11.5 Å². The molecule has 0 radical (unpaired) electrons. The number of sulfonamides is 1. The molecule has 2 N–H and O–H groups in total. The van der Waals surface area contributed by atoms with Gasteiger partial charge in [0.05, 0.1) is 13.7 Å². The molecule has 1 aliphatic carbocycles. The van der Waals surface area contributed by atoms with Crippen molar-refractivity contribution in [2.45, 2.75) is 50.2 Å². The van der Waals surface area contributed by atoms with E-state index in [1.807, 2.05) is 6.92 Å². The Balaban J connectivity index is 2.22. The van der Waals surface area contributed by atoms with Crippen LogP contribution >= 0.6 is 0 Å². The number of benzene rings is 1. The van der Waals surface area contributed by atoms with Crippen LogP contribution in [0.3, 0.4) is 0 Å². The second-order valence-electron chi connectivity index (χ2n) is 5.60. The highest BCUT2D eigenvalue weighted by molar-refractivity contribution is 7.89. The normalized spacial score (nSPS) is 17.9. The van der Waals surface area contributed by atoms with Crippen molar-refractivity contribution in [3.8, 4) is 5.75 Å². The van der Waals surface area contributed by atoms with E-state index in [0.717, 1.165) is 12.8 Å². The first kappa shape index (κ1) is 16.3. The molecule has 2 rings (SSSR count). The minimum atomic E-state index is -3.62. The molecule has 0 spiro atoms. The SMILES string of the molecule is COc1cc(CO)ccc1S(=O)(=O)NC(C)C1CCCC1. The quantitative estimate of drug-likeness (QED) is 0.843. The lowest BCUT2D eigenvalue weighted by Crippen LogP contribution is -2.37. The average molecular weight is 313 g/mol. The van der Waals surface area contributed by atoms with Gasteiger partial charge >= 0.3 is 0 Å². The van der Waals surface area contributed by atoms with Crippen LogP contribution in [0.5, 0.6) is 5.75 Å². The van der Waals surface area contributed by atoms with E-state index in [2.05, 4.69) is 4.72 Å². The zero-order valence-corrected chi connectivity index (χ0v) is 13.3. The van der Waals surface area contributed by atoms with Gasteiger partial charge in [0, 0.05) is 6.04 Å². The van der Waals surface area contributed by atoms with Crippen LogP contribution in [-0.2, 0) is 16.6 Å². The molecular formula is C15H23NO4S. The Hall–Kier alpha value is -1.11. The number of nitrogens with one attached hydrogen (secondary N) is 1. The fourth-order valence-corrected chi connectivity index (χ4v) is 4.36. The van der Waals surface area contributed by atoms with Gasteiger partial charge in [-0.3, -0.25) is 0 Å². The van der Waals surface area contributed by atoms with Crippen molar-refractivity contribution in [2.75, 3.05) is 7.11 Å². The van der Waals surface area contributed by atoms with E-state index in [4.69, 9.17) is 9.84 Å². The van der Waals surface area contributed by atoms with Crippen LogP contribution in [0.15, 0.2) is 23.1 Å². The van der Waals surface area contributed by atoms with Crippen molar-refractivity contribution in [1.82, 2.24) is 4.72 Å². The van der Waals surface area contributed by atoms with Crippen LogP contribution in [0.25, 0.3) is 0 Å². The molecule has 1 aromatic rings. The Labute approximate surface area is 126 Å². The van der Waals surface area contributed by atoms with Gasteiger partial charge in [-0.15, -0.1) is 0 Å². The summed E-state index contributed by atoms with van der Waals surface area (Å²) in [5, 5.41) is 9.12. The fourth-order valence-electron chi connectivity index (χ4n) is 2.89. The molecule has 6 heteroatoms. The van der Waals surface area contributed by atoms with E-state index in [1.165, 1.54) is 26.0 Å². The maximum atomic E-state index is 12.5. The fraction of sp³-hybridized carbons (Fsp3) is 0.600. The van der Waals surface area contributed by atoms with Gasteiger partial charge in [-0.05, 0) is 43.4 Å². The first-order valence-electron chi connectivity index (χ1n) is 7.28. The first-order chi connectivity index (χ1) is 9.97. The van der Waals surface area contributed by atoms with E-state index >= 15 is 0 Å². The standard InChI is InChI=1S/C15H23NO4S/c1-11(13-5-3-4-6-13)16-21(18,19)15-8-7-12(10-17)9-14(15)20-2/h7-9,11,13,16-17H,3-6,10H2,1-2H3. The summed E-state index contributed by atoms with van der Waals surface area (Å²) in [6.07, 6.45) is 4.49. The summed E-state index contributed by atoms with van der Waals surface area (Å²) in [5.74, 6) is 0.662. The average Bonchev–Trinajstić information content (AvgIpc) is 3.00. The van der Waals surface area contributed by atoms with Crippen molar-refractivity contribution >= 4 is 10.0 Å². The molecule has 1 aliphatic rings. The van der Waals surface area contributed by atoms with Gasteiger partial charge in [0.25, 0.3) is 0 Å². The van der Waals surface area contributed by atoms with Crippen LogP contribution in [-0.4, -0.2) is 26.7 Å². The van der Waals surface area contributed by atoms with Crippen molar-refractivity contribution in [2.24, 2.45) is 5.92 Å². The molecule has 1 fully saturated rings. The maximum absolute atomic E-state index is 12.5. The summed E-state index contributed by atoms with van der Waals surface area (Å²) in [4.78, 5) is 0.118. The monoisotopic (exact) mass is 313 g/mol. The molecule has 0 aromatic heterocycles. The molecule has 5 nitrogen and oxygen atoms in total. The highest BCUT2D eigenvalue weighted by Crippen LogP contribution is 2.30. The number of rotatable bonds is 6. The molecule has 1 aromatic carbocycles. The van der Waals surface area contributed by atoms with E-state index in [1.54, 1.807) is 12.1 Å². The molecule has 0 saturated heterocycles. The third kappa shape index (κ3) is 3.75. The molecule has 0 aliphatic heterocycles. The summed E-state index contributed by atoms with van der Waals surface area (Å²) in [6.45, 7) is 1.77. The number of hydrogen-bond donors (Lipinski definition) is 2. The van der Waals surface area contributed by atoms with Crippen molar-refractivity contribution < 1.29 is 18.3 Å². The number of aliphatic hydroxyl groups excluding tert-OH is 1. The van der Waals surface area contributed by atoms with Crippen molar-refractivity contribution in [3.05, 3.63) is 23.8 Å². The molecule has 0 heterocycles. The largest absolute Gasteiger partial charge is 0.495 e. The Bertz CT molecular complexity index is 579. The first-order valence-corrected chi connectivity index (χ1v) is 8.76. The number of ether oxygens (including phenoxy) is 1. The van der Waals surface area contributed by atoms with E-state index < -0.39 is 10.0 Å². The number of aliphatic hydroxyl groups is 1. The Morgan fingerprint density at radius 1 is 1.38 bits per heavy atom. The van der Waals surface area contributed by atoms with Gasteiger partial charge in [-0.25, -0.2) is 13.1 Å². The summed E-state index contributed by atoms with van der Waals surface area (Å²) < 4.78 is 33.0. The lowest BCUT2D eigenvalue weighted by atomic mass is 10.0. The second-order valence-corrected chi connectivity index (χ2v) is 7.28. The molecule has 1 saturated carbocycles. The van der Waals surface area contributed by atoms with E-state index in [9.17, 15) is 8.42 Å². The van der Waals surface area contributed by atoms with Gasteiger partial charge in [0.1, 0.15) is 10.6 Å². The van der Waals surface area contributed by atoms with E-state index in [-0.39, 0.29) is 23.3 Å². The third-order valence-corrected chi connectivity index (χ3v) is 5.75. The van der Waals surface area contributed by atoms with Crippen LogP contribution in [0, 0.1) is 5.92 Å². The van der Waals surface area contributed by atoms with Crippen LogP contribution in [0.2, 0.25) is 0 Å². The zero-order chi connectivity index (χ0) is 15.5. The minimum absolute atomic E-state index is 0.0836. The summed E-state index contributed by atoms with van der Waals surface area (Å²) in [5.41, 5.74) is 0.620. The predicted octanol–water partition coefficient (Wildman–Crippen LogP) is 2.04. The van der Waals surface area contributed by atoms with Crippen molar-refractivity contribution in [3.63, 3.8) is 0 Å². The highest BCUT2D eigenvalue weighted by atomic mass is 32.2. The molecule has 1 unspecified atom stereocenters. The number of methoxy groups -OCH3 is 1. The van der Waals surface area contributed by atoms with Gasteiger partial charge in [0.2, 0.25) is 10.0 Å². The van der Waals surface area contributed by atoms with Gasteiger partial charge in [0.15, 0.2) is 0 Å². The van der Waals surface area contributed by atoms with Gasteiger partial charge < -0.3 is 9.84 Å². The lowest BCUT2D eigenvalue weighted by Gasteiger charge is -2.21. The topological polar surface area (TPSA) is 75.6 Å². The summed E-state index contributed by atoms with van der Waals surface area (Å²) in [6, 6.07) is 4.54. The van der Waals surface area contributed by atoms with Crippen LogP contribution < -0.4 is 9.46 Å². The Morgan fingerprint density at radius 2 is 2.05 bits per heavy atom. The minimum Gasteiger partial charge on any atom is -0.495 e. The lowest BCUT2D eigenvalue weighted by molar-refractivity contribution is 0.280. The second kappa shape index (κ2) is 6.77. The Morgan fingerprint density at radius 3 is 2.62 bits per heavy atom. The van der Waals surface area contributed by atoms with Crippen LogP contribution in [0.1, 0.15) is 38.2 Å². The molecule has 118 valence electrons. The highest BCUT2D eigenvalue weighted by Gasteiger charge is 2.27. The van der Waals surface area contributed by atoms with Gasteiger partial charge in [-0.2, -0.15) is 0 Å². The zero-order valence-electron chi connectivity index (χ0n) is 12.5. The Kier molecular flexibility index (Phi) is 5.24. The van der Waals surface area contributed by atoms with Gasteiger partial charge in [-0.1, -0.05) is 18.9 Å². The number of hydrogen-bond acceptors (Lipinski definition) is 4. The molecule has 21 heavy (non-hydrogen) atoms. The van der Waals surface area contributed by atoms with Crippen LogP contribution in [0.4, 0.5) is 0 Å². The molecular weight excluding hydrogens is 290 g/mol. The third-order valence-electron chi connectivity index (χ3n) is 4.15. The predicted molar refractivity (Wildman–Crippen MR) is 80.7 cm³/mol. The maximum Gasteiger partial charge on any atom is 0.244 e. The molecule has 1 atom stereocenters.